The Bertz CT molecular complexity index is 945. The van der Waals surface area contributed by atoms with Crippen LogP contribution in [0.15, 0.2) is 47.8 Å². The summed E-state index contributed by atoms with van der Waals surface area (Å²) in [5.74, 6) is 1.28. The molecule has 0 bridgehead atoms. The van der Waals surface area contributed by atoms with E-state index in [1.807, 2.05) is 56.5 Å². The molecule has 1 amide bonds. The van der Waals surface area contributed by atoms with Crippen molar-refractivity contribution in [2.24, 2.45) is 0 Å². The van der Waals surface area contributed by atoms with Gasteiger partial charge in [0.15, 0.2) is 11.5 Å². The van der Waals surface area contributed by atoms with E-state index in [1.165, 1.54) is 0 Å². The van der Waals surface area contributed by atoms with Gasteiger partial charge in [0, 0.05) is 16.5 Å². The van der Waals surface area contributed by atoms with Gasteiger partial charge >= 0.3 is 0 Å². The van der Waals surface area contributed by atoms with Crippen LogP contribution >= 0.6 is 11.3 Å². The van der Waals surface area contributed by atoms with E-state index in [4.69, 9.17) is 14.2 Å². The summed E-state index contributed by atoms with van der Waals surface area (Å²) in [5, 5.41) is 5.81. The molecule has 0 saturated heterocycles. The van der Waals surface area contributed by atoms with Gasteiger partial charge in [-0.15, -0.1) is 11.3 Å². The maximum absolute atomic E-state index is 12.8. The van der Waals surface area contributed by atoms with Crippen molar-refractivity contribution in [3.8, 4) is 27.8 Å². The molecule has 0 atom stereocenters. The first-order valence-corrected chi connectivity index (χ1v) is 10.9. The lowest BCUT2D eigenvalue weighted by Crippen LogP contribution is -2.23. The average Bonchev–Trinajstić information content (AvgIpc) is 3.24. The molecule has 3 rings (SSSR count). The Morgan fingerprint density at radius 2 is 1.60 bits per heavy atom. The molecule has 1 aromatic heterocycles. The first-order valence-electron chi connectivity index (χ1n) is 10.0. The van der Waals surface area contributed by atoms with Crippen molar-refractivity contribution in [3.63, 3.8) is 0 Å². The highest BCUT2D eigenvalue weighted by Gasteiger charge is 2.18. The molecule has 0 fully saturated rings. The lowest BCUT2D eigenvalue weighted by molar-refractivity contribution is 0.0949. The van der Waals surface area contributed by atoms with Gasteiger partial charge in [-0.2, -0.15) is 0 Å². The van der Waals surface area contributed by atoms with E-state index in [2.05, 4.69) is 10.3 Å². The molecule has 30 heavy (non-hydrogen) atoms. The fourth-order valence-corrected chi connectivity index (χ4v) is 3.72. The monoisotopic (exact) mass is 426 g/mol. The number of aromatic nitrogens is 1. The van der Waals surface area contributed by atoms with Crippen LogP contribution in [-0.4, -0.2) is 30.7 Å². The van der Waals surface area contributed by atoms with Gasteiger partial charge in [-0.3, -0.25) is 4.79 Å². The number of carbonyl (C=O) groups excluding carboxylic acids is 1. The van der Waals surface area contributed by atoms with Crippen molar-refractivity contribution in [2.45, 2.75) is 27.3 Å². The fourth-order valence-electron chi connectivity index (χ4n) is 2.89. The Kier molecular flexibility index (Phi) is 7.68. The van der Waals surface area contributed by atoms with E-state index in [0.29, 0.717) is 49.2 Å². The minimum absolute atomic E-state index is 0.228. The van der Waals surface area contributed by atoms with E-state index in [1.54, 1.807) is 23.5 Å². The quantitative estimate of drug-likeness (QED) is 0.497. The predicted octanol–water partition coefficient (Wildman–Crippen LogP) is 4.94. The van der Waals surface area contributed by atoms with Gasteiger partial charge in [0.05, 0.1) is 32.1 Å². The molecule has 0 aliphatic rings. The summed E-state index contributed by atoms with van der Waals surface area (Å²) in [7, 11) is 0. The van der Waals surface area contributed by atoms with Crippen LogP contribution in [0.3, 0.4) is 0 Å². The summed E-state index contributed by atoms with van der Waals surface area (Å²) in [5.41, 5.74) is 2.33. The van der Waals surface area contributed by atoms with Crippen LogP contribution in [0.1, 0.15) is 36.8 Å². The molecule has 0 spiro atoms. The van der Waals surface area contributed by atoms with Crippen molar-refractivity contribution in [1.29, 1.82) is 0 Å². The van der Waals surface area contributed by atoms with Crippen LogP contribution in [-0.2, 0) is 6.54 Å². The summed E-state index contributed by atoms with van der Waals surface area (Å²) in [6, 6.07) is 13.3. The molecule has 3 aromatic rings. The zero-order chi connectivity index (χ0) is 21.3. The Morgan fingerprint density at radius 1 is 0.967 bits per heavy atom. The average molecular weight is 427 g/mol. The number of nitrogens with zero attached hydrogens (tertiary/aromatic N) is 1. The highest BCUT2D eigenvalue weighted by atomic mass is 32.1. The van der Waals surface area contributed by atoms with Crippen LogP contribution in [0.4, 0.5) is 0 Å². The van der Waals surface area contributed by atoms with Crippen molar-refractivity contribution in [3.05, 3.63) is 59.1 Å². The number of hydrogen-bond donors (Lipinski definition) is 1. The summed E-state index contributed by atoms with van der Waals surface area (Å²) in [4.78, 5) is 17.4. The SMILES string of the molecule is CCOc1cc(C(=O)NCc2csc(-c3ccccc3)n2)cc(OCC)c1OCC. The maximum Gasteiger partial charge on any atom is 0.251 e. The first-order chi connectivity index (χ1) is 14.7. The fraction of sp³-hybridized carbons (Fsp3) is 0.304. The Labute approximate surface area is 180 Å². The molecule has 0 aliphatic carbocycles. The predicted molar refractivity (Wildman–Crippen MR) is 119 cm³/mol. The number of carbonyl (C=O) groups is 1. The van der Waals surface area contributed by atoms with E-state index in [-0.39, 0.29) is 5.91 Å². The molecule has 6 nitrogen and oxygen atoms in total. The van der Waals surface area contributed by atoms with Gasteiger partial charge in [-0.05, 0) is 32.9 Å². The second-order valence-corrected chi connectivity index (χ2v) is 7.15. The molecular formula is C23H26N2O4S. The second kappa shape index (κ2) is 10.6. The van der Waals surface area contributed by atoms with Gasteiger partial charge in [-0.25, -0.2) is 4.98 Å². The van der Waals surface area contributed by atoms with Crippen LogP contribution < -0.4 is 19.5 Å². The molecule has 1 N–H and O–H groups in total. The van der Waals surface area contributed by atoms with E-state index in [9.17, 15) is 4.79 Å². The van der Waals surface area contributed by atoms with Gasteiger partial charge < -0.3 is 19.5 Å². The maximum atomic E-state index is 12.8. The topological polar surface area (TPSA) is 69.7 Å². The van der Waals surface area contributed by atoms with Gasteiger partial charge in [0.2, 0.25) is 5.75 Å². The first kappa shape index (κ1) is 21.6. The van der Waals surface area contributed by atoms with Gasteiger partial charge in [0.25, 0.3) is 5.91 Å². The molecule has 1 heterocycles. The largest absolute Gasteiger partial charge is 0.490 e. The van der Waals surface area contributed by atoms with Crippen molar-refractivity contribution in [2.75, 3.05) is 19.8 Å². The number of ether oxygens (including phenoxy) is 3. The Balaban J connectivity index is 1.75. The van der Waals surface area contributed by atoms with Crippen molar-refractivity contribution < 1.29 is 19.0 Å². The highest BCUT2D eigenvalue weighted by Crippen LogP contribution is 2.39. The van der Waals surface area contributed by atoms with Crippen LogP contribution in [0.5, 0.6) is 17.2 Å². The van der Waals surface area contributed by atoms with E-state index >= 15 is 0 Å². The number of hydrogen-bond acceptors (Lipinski definition) is 6. The molecular weight excluding hydrogens is 400 g/mol. The van der Waals surface area contributed by atoms with Crippen molar-refractivity contribution >= 4 is 17.2 Å². The molecule has 0 saturated carbocycles. The third kappa shape index (κ3) is 5.30. The normalized spacial score (nSPS) is 10.5. The summed E-state index contributed by atoms with van der Waals surface area (Å²) < 4.78 is 17.1. The smallest absolute Gasteiger partial charge is 0.251 e. The van der Waals surface area contributed by atoms with Gasteiger partial charge in [0.1, 0.15) is 5.01 Å². The molecule has 0 unspecified atom stereocenters. The number of rotatable bonds is 10. The third-order valence-electron chi connectivity index (χ3n) is 4.17. The van der Waals surface area contributed by atoms with Gasteiger partial charge in [-0.1, -0.05) is 30.3 Å². The van der Waals surface area contributed by atoms with Crippen LogP contribution in [0.2, 0.25) is 0 Å². The minimum Gasteiger partial charge on any atom is -0.490 e. The van der Waals surface area contributed by atoms with Crippen LogP contribution in [0.25, 0.3) is 10.6 Å². The number of thiazole rings is 1. The van der Waals surface area contributed by atoms with Crippen LogP contribution in [0, 0.1) is 0 Å². The zero-order valence-electron chi connectivity index (χ0n) is 17.4. The summed E-state index contributed by atoms with van der Waals surface area (Å²) in [6.45, 7) is 7.38. The number of amides is 1. The molecule has 7 heteroatoms. The highest BCUT2D eigenvalue weighted by molar-refractivity contribution is 7.13. The molecule has 0 radical (unpaired) electrons. The third-order valence-corrected chi connectivity index (χ3v) is 5.11. The van der Waals surface area contributed by atoms with E-state index in [0.717, 1.165) is 16.3 Å². The van der Waals surface area contributed by atoms with E-state index < -0.39 is 0 Å². The number of nitrogens with one attached hydrogen (secondary N) is 1. The molecule has 158 valence electrons. The second-order valence-electron chi connectivity index (χ2n) is 6.29. The minimum atomic E-state index is -0.228. The molecule has 0 aliphatic heterocycles. The zero-order valence-corrected chi connectivity index (χ0v) is 18.3. The lowest BCUT2D eigenvalue weighted by atomic mass is 10.1. The summed E-state index contributed by atoms with van der Waals surface area (Å²) in [6.07, 6.45) is 0. The Morgan fingerprint density at radius 3 is 2.20 bits per heavy atom. The Hall–Kier alpha value is -3.06. The molecule has 2 aromatic carbocycles. The lowest BCUT2D eigenvalue weighted by Gasteiger charge is -2.17. The summed E-state index contributed by atoms with van der Waals surface area (Å²) >= 11 is 1.56. The standard InChI is InChI=1S/C23H26N2O4S/c1-4-27-19-12-17(13-20(28-5-2)21(19)29-6-3)22(26)24-14-18-15-30-23(25-18)16-10-8-7-9-11-16/h7-13,15H,4-6,14H2,1-3H3,(H,24,26). The number of benzene rings is 2. The van der Waals surface area contributed by atoms with Crippen molar-refractivity contribution in [1.82, 2.24) is 10.3 Å².